The van der Waals surface area contributed by atoms with Gasteiger partial charge in [0.2, 0.25) is 0 Å². The minimum atomic E-state index is 0.0999. The van der Waals surface area contributed by atoms with Gasteiger partial charge in [-0.3, -0.25) is 0 Å². The monoisotopic (exact) mass is 309 g/mol. The highest BCUT2D eigenvalue weighted by molar-refractivity contribution is 6.33. The van der Waals surface area contributed by atoms with E-state index in [-0.39, 0.29) is 5.54 Å². The fraction of sp³-hybridized carbons (Fsp3) is 0.706. The van der Waals surface area contributed by atoms with Gasteiger partial charge in [0.15, 0.2) is 0 Å². The molecule has 1 aromatic rings. The van der Waals surface area contributed by atoms with Crippen LogP contribution >= 0.6 is 11.6 Å². The number of halogens is 1. The molecule has 2 unspecified atom stereocenters. The van der Waals surface area contributed by atoms with Crippen LogP contribution in [0.3, 0.4) is 0 Å². The molecular weight excluding hydrogens is 282 g/mol. The fourth-order valence-electron chi connectivity index (χ4n) is 2.87. The van der Waals surface area contributed by atoms with Crippen molar-refractivity contribution in [1.29, 1.82) is 0 Å². The number of aromatic nitrogens is 1. The van der Waals surface area contributed by atoms with E-state index in [0.29, 0.717) is 6.04 Å². The molecule has 1 aliphatic rings. The third kappa shape index (κ3) is 4.58. The van der Waals surface area contributed by atoms with Crippen LogP contribution in [-0.2, 0) is 6.54 Å². The molecule has 1 aromatic heterocycles. The molecule has 21 heavy (non-hydrogen) atoms. The summed E-state index contributed by atoms with van der Waals surface area (Å²) in [5, 5.41) is 4.23. The van der Waals surface area contributed by atoms with Crippen LogP contribution in [0.25, 0.3) is 0 Å². The van der Waals surface area contributed by atoms with Crippen molar-refractivity contribution in [3.05, 3.63) is 22.8 Å². The largest absolute Gasteiger partial charge is 0.353 e. The summed E-state index contributed by atoms with van der Waals surface area (Å²) in [4.78, 5) is 6.98. The second-order valence-electron chi connectivity index (χ2n) is 7.42. The molecule has 1 N–H and O–H groups in total. The number of hydrogen-bond acceptors (Lipinski definition) is 3. The Bertz CT molecular complexity index is 481. The SMILES string of the molecule is CC1CCN(c2ncc(CNC(C)(C)C)cc2Cl)C(C)C1. The number of hydrogen-bond donors (Lipinski definition) is 1. The number of nitrogens with one attached hydrogen (secondary N) is 1. The van der Waals surface area contributed by atoms with E-state index in [1.807, 2.05) is 12.3 Å². The van der Waals surface area contributed by atoms with Crippen molar-refractivity contribution in [2.24, 2.45) is 5.92 Å². The molecule has 1 saturated heterocycles. The molecule has 0 aromatic carbocycles. The Morgan fingerprint density at radius 2 is 2.10 bits per heavy atom. The van der Waals surface area contributed by atoms with Gasteiger partial charge in [-0.2, -0.15) is 0 Å². The highest BCUT2D eigenvalue weighted by atomic mass is 35.5. The molecule has 0 bridgehead atoms. The zero-order valence-electron chi connectivity index (χ0n) is 13.9. The van der Waals surface area contributed by atoms with E-state index >= 15 is 0 Å². The third-order valence-corrected chi connectivity index (χ3v) is 4.39. The Morgan fingerprint density at radius 1 is 1.38 bits per heavy atom. The highest BCUT2D eigenvalue weighted by Gasteiger charge is 2.25. The molecule has 118 valence electrons. The van der Waals surface area contributed by atoms with E-state index in [2.05, 4.69) is 49.8 Å². The van der Waals surface area contributed by atoms with Crippen LogP contribution < -0.4 is 10.2 Å². The van der Waals surface area contributed by atoms with Crippen LogP contribution in [-0.4, -0.2) is 23.1 Å². The van der Waals surface area contributed by atoms with Gasteiger partial charge in [-0.15, -0.1) is 0 Å². The van der Waals surface area contributed by atoms with Gasteiger partial charge in [0, 0.05) is 30.9 Å². The summed E-state index contributed by atoms with van der Waals surface area (Å²) in [7, 11) is 0. The van der Waals surface area contributed by atoms with Crippen LogP contribution in [0.2, 0.25) is 5.02 Å². The minimum Gasteiger partial charge on any atom is -0.353 e. The lowest BCUT2D eigenvalue weighted by Gasteiger charge is -2.37. The molecule has 0 spiro atoms. The van der Waals surface area contributed by atoms with Gasteiger partial charge in [0.05, 0.1) is 5.02 Å². The Kier molecular flexibility index (Phi) is 5.15. The average Bonchev–Trinajstić information content (AvgIpc) is 2.37. The molecule has 3 nitrogen and oxygen atoms in total. The van der Waals surface area contributed by atoms with Crippen LogP contribution in [0.4, 0.5) is 5.82 Å². The lowest BCUT2D eigenvalue weighted by Crippen LogP contribution is -2.41. The van der Waals surface area contributed by atoms with Crippen LogP contribution in [0.5, 0.6) is 0 Å². The first-order valence-electron chi connectivity index (χ1n) is 7.92. The van der Waals surface area contributed by atoms with Gasteiger partial charge in [0.25, 0.3) is 0 Å². The van der Waals surface area contributed by atoms with Gasteiger partial charge in [-0.1, -0.05) is 18.5 Å². The third-order valence-electron chi connectivity index (χ3n) is 4.11. The normalized spacial score (nSPS) is 23.4. The Hall–Kier alpha value is -0.800. The summed E-state index contributed by atoms with van der Waals surface area (Å²) in [6.07, 6.45) is 4.38. The zero-order valence-corrected chi connectivity index (χ0v) is 14.7. The molecule has 0 saturated carbocycles. The maximum atomic E-state index is 6.48. The standard InChI is InChI=1S/C17H28ClN3/c1-12-6-7-21(13(2)8-12)16-15(18)9-14(10-19-16)11-20-17(3,4)5/h9-10,12-13,20H,6-8,11H2,1-5H3. The van der Waals surface area contributed by atoms with E-state index in [9.17, 15) is 0 Å². The molecule has 4 heteroatoms. The van der Waals surface area contributed by atoms with Crippen molar-refractivity contribution in [2.75, 3.05) is 11.4 Å². The molecule has 0 aliphatic carbocycles. The van der Waals surface area contributed by atoms with Crippen molar-refractivity contribution in [3.63, 3.8) is 0 Å². The Labute approximate surface area is 134 Å². The molecule has 2 rings (SSSR count). The average molecular weight is 310 g/mol. The molecule has 2 atom stereocenters. The fourth-order valence-corrected chi connectivity index (χ4v) is 3.16. The molecular formula is C17H28ClN3. The predicted octanol–water partition coefficient (Wildman–Crippen LogP) is 4.25. The first-order chi connectivity index (χ1) is 9.76. The van der Waals surface area contributed by atoms with Crippen LogP contribution in [0.1, 0.15) is 53.0 Å². The van der Waals surface area contributed by atoms with Crippen molar-refractivity contribution in [3.8, 4) is 0 Å². The first-order valence-corrected chi connectivity index (χ1v) is 8.30. The Morgan fingerprint density at radius 3 is 2.67 bits per heavy atom. The molecule has 2 heterocycles. The quantitative estimate of drug-likeness (QED) is 0.905. The molecule has 1 aliphatic heterocycles. The van der Waals surface area contributed by atoms with E-state index in [1.165, 1.54) is 12.8 Å². The second kappa shape index (κ2) is 6.53. The maximum Gasteiger partial charge on any atom is 0.147 e. The number of piperidine rings is 1. The van der Waals surface area contributed by atoms with E-state index in [4.69, 9.17) is 11.6 Å². The van der Waals surface area contributed by atoms with Crippen molar-refractivity contribution in [1.82, 2.24) is 10.3 Å². The van der Waals surface area contributed by atoms with Crippen molar-refractivity contribution in [2.45, 2.75) is 65.6 Å². The summed E-state index contributed by atoms with van der Waals surface area (Å²) in [6.45, 7) is 12.9. The van der Waals surface area contributed by atoms with Gasteiger partial charge in [0.1, 0.15) is 5.82 Å². The van der Waals surface area contributed by atoms with Gasteiger partial charge < -0.3 is 10.2 Å². The predicted molar refractivity (Wildman–Crippen MR) is 91.0 cm³/mol. The summed E-state index contributed by atoms with van der Waals surface area (Å²) in [6, 6.07) is 2.56. The summed E-state index contributed by atoms with van der Waals surface area (Å²) < 4.78 is 0. The summed E-state index contributed by atoms with van der Waals surface area (Å²) in [5.41, 5.74) is 1.24. The topological polar surface area (TPSA) is 28.2 Å². The highest BCUT2D eigenvalue weighted by Crippen LogP contribution is 2.31. The number of rotatable bonds is 3. The van der Waals surface area contributed by atoms with Crippen molar-refractivity contribution >= 4 is 17.4 Å². The molecule has 0 amide bonds. The molecule has 0 radical (unpaired) electrons. The maximum absolute atomic E-state index is 6.48. The van der Waals surface area contributed by atoms with Crippen molar-refractivity contribution < 1.29 is 0 Å². The van der Waals surface area contributed by atoms with Gasteiger partial charge in [-0.25, -0.2) is 4.98 Å². The van der Waals surface area contributed by atoms with E-state index in [1.54, 1.807) is 0 Å². The summed E-state index contributed by atoms with van der Waals surface area (Å²) in [5.74, 6) is 1.74. The first kappa shape index (κ1) is 16.6. The van der Waals surface area contributed by atoms with Crippen LogP contribution in [0, 0.1) is 5.92 Å². The number of anilines is 1. The van der Waals surface area contributed by atoms with Crippen LogP contribution in [0.15, 0.2) is 12.3 Å². The molecule has 1 fully saturated rings. The Balaban J connectivity index is 2.09. The van der Waals surface area contributed by atoms with Gasteiger partial charge in [-0.05, 0) is 58.1 Å². The minimum absolute atomic E-state index is 0.0999. The lowest BCUT2D eigenvalue weighted by atomic mass is 9.93. The van der Waals surface area contributed by atoms with Gasteiger partial charge >= 0.3 is 0 Å². The van der Waals surface area contributed by atoms with E-state index in [0.717, 1.165) is 35.4 Å². The zero-order chi connectivity index (χ0) is 15.6. The lowest BCUT2D eigenvalue weighted by molar-refractivity contribution is 0.376. The summed E-state index contributed by atoms with van der Waals surface area (Å²) >= 11 is 6.48. The number of pyridine rings is 1. The second-order valence-corrected chi connectivity index (χ2v) is 7.83. The number of nitrogens with zero attached hydrogens (tertiary/aromatic N) is 2. The van der Waals surface area contributed by atoms with E-state index < -0.39 is 0 Å². The smallest absolute Gasteiger partial charge is 0.147 e.